The minimum Gasteiger partial charge on any atom is -0.395 e. The summed E-state index contributed by atoms with van der Waals surface area (Å²) in [6.45, 7) is 6.68. The van der Waals surface area contributed by atoms with Gasteiger partial charge in [-0.15, -0.1) is 0 Å². The molecule has 2 fully saturated rings. The van der Waals surface area contributed by atoms with Crippen LogP contribution in [-0.4, -0.2) is 47.7 Å². The topological polar surface area (TPSA) is 26.7 Å². The Labute approximate surface area is 170 Å². The highest BCUT2D eigenvalue weighted by Gasteiger charge is 2.31. The summed E-state index contributed by atoms with van der Waals surface area (Å²) < 4.78 is 0. The number of aliphatic hydroxyl groups is 1. The van der Waals surface area contributed by atoms with Gasteiger partial charge in [0.05, 0.1) is 6.61 Å². The maximum Gasteiger partial charge on any atom is 0.0558 e. The summed E-state index contributed by atoms with van der Waals surface area (Å²) in [5, 5.41) is 9.43. The lowest BCUT2D eigenvalue weighted by Crippen LogP contribution is -2.36. The maximum atomic E-state index is 9.43. The number of likely N-dealkylation sites (tertiary alicyclic amines) is 1. The summed E-state index contributed by atoms with van der Waals surface area (Å²) in [5.74, 6) is 1.48. The van der Waals surface area contributed by atoms with Crippen LogP contribution in [0.1, 0.15) is 48.3 Å². The van der Waals surface area contributed by atoms with Crippen LogP contribution in [0, 0.1) is 5.92 Å². The van der Waals surface area contributed by atoms with E-state index in [1.807, 2.05) is 0 Å². The van der Waals surface area contributed by atoms with E-state index >= 15 is 0 Å². The van der Waals surface area contributed by atoms with E-state index in [1.165, 1.54) is 55.5 Å². The molecule has 1 saturated heterocycles. The van der Waals surface area contributed by atoms with Crippen LogP contribution in [0.15, 0.2) is 54.6 Å². The molecule has 3 heteroatoms. The van der Waals surface area contributed by atoms with Crippen molar-refractivity contribution in [1.29, 1.82) is 0 Å². The van der Waals surface area contributed by atoms with Crippen molar-refractivity contribution in [2.75, 3.05) is 32.8 Å². The van der Waals surface area contributed by atoms with Gasteiger partial charge >= 0.3 is 0 Å². The Morgan fingerprint density at radius 3 is 2.29 bits per heavy atom. The Kier molecular flexibility index (Phi) is 6.79. The van der Waals surface area contributed by atoms with Gasteiger partial charge in [0.2, 0.25) is 0 Å². The van der Waals surface area contributed by atoms with Crippen molar-refractivity contribution in [3.05, 3.63) is 71.3 Å². The van der Waals surface area contributed by atoms with E-state index in [0.29, 0.717) is 0 Å². The minimum absolute atomic E-state index is 0.238. The van der Waals surface area contributed by atoms with Gasteiger partial charge in [0.25, 0.3) is 0 Å². The monoisotopic (exact) mass is 378 g/mol. The van der Waals surface area contributed by atoms with Crippen LogP contribution >= 0.6 is 0 Å². The summed E-state index contributed by atoms with van der Waals surface area (Å²) in [6.07, 6.45) is 5.28. The van der Waals surface area contributed by atoms with Crippen LogP contribution in [0.3, 0.4) is 0 Å². The second-order valence-corrected chi connectivity index (χ2v) is 8.70. The first-order valence-corrected chi connectivity index (χ1v) is 11.0. The summed E-state index contributed by atoms with van der Waals surface area (Å²) in [6, 6.07) is 20.0. The highest BCUT2D eigenvalue weighted by atomic mass is 16.3. The van der Waals surface area contributed by atoms with Crippen LogP contribution in [-0.2, 0) is 13.1 Å². The number of nitrogens with zero attached hydrogens (tertiary/aromatic N) is 2. The van der Waals surface area contributed by atoms with E-state index < -0.39 is 0 Å². The van der Waals surface area contributed by atoms with Crippen molar-refractivity contribution < 1.29 is 5.11 Å². The van der Waals surface area contributed by atoms with Gasteiger partial charge in [-0.2, -0.15) is 0 Å². The van der Waals surface area contributed by atoms with Crippen LogP contribution in [0.2, 0.25) is 0 Å². The van der Waals surface area contributed by atoms with Crippen LogP contribution in [0.4, 0.5) is 0 Å². The molecule has 1 saturated carbocycles. The lowest BCUT2D eigenvalue weighted by molar-refractivity contribution is 0.128. The van der Waals surface area contributed by atoms with E-state index in [4.69, 9.17) is 0 Å². The van der Waals surface area contributed by atoms with Crippen molar-refractivity contribution >= 4 is 0 Å². The summed E-state index contributed by atoms with van der Waals surface area (Å²) in [5.41, 5.74) is 4.30. The smallest absolute Gasteiger partial charge is 0.0558 e. The fraction of sp³-hybridized carbons (Fsp3) is 0.520. The third kappa shape index (κ3) is 5.22. The first-order chi connectivity index (χ1) is 13.8. The Morgan fingerprint density at radius 1 is 0.893 bits per heavy atom. The molecule has 3 nitrogen and oxygen atoms in total. The molecule has 0 atom stereocenters. The third-order valence-electron chi connectivity index (χ3n) is 6.47. The second kappa shape index (κ2) is 9.69. The molecule has 0 radical (unpaired) electrons. The van der Waals surface area contributed by atoms with Crippen molar-refractivity contribution in [2.45, 2.75) is 44.7 Å². The SMILES string of the molecule is OCCN(Cc1ccccc1)C[C@H]1C[C@H](c2ccc(CN3CCCC3)cc2)C1. The Bertz CT molecular complexity index is 703. The van der Waals surface area contributed by atoms with Crippen LogP contribution in [0.25, 0.3) is 0 Å². The molecule has 1 N–H and O–H groups in total. The number of hydrogen-bond acceptors (Lipinski definition) is 3. The molecule has 0 unspecified atom stereocenters. The molecule has 28 heavy (non-hydrogen) atoms. The first-order valence-electron chi connectivity index (χ1n) is 11.0. The number of aliphatic hydroxyl groups excluding tert-OH is 1. The second-order valence-electron chi connectivity index (χ2n) is 8.70. The molecule has 4 rings (SSSR count). The van der Waals surface area contributed by atoms with Gasteiger partial charge in [-0.25, -0.2) is 0 Å². The molecule has 0 amide bonds. The molecule has 1 aliphatic heterocycles. The number of hydrogen-bond donors (Lipinski definition) is 1. The van der Waals surface area contributed by atoms with E-state index in [2.05, 4.69) is 64.4 Å². The molecule has 2 aliphatic rings. The fourth-order valence-corrected chi connectivity index (χ4v) is 4.83. The fourth-order valence-electron chi connectivity index (χ4n) is 4.83. The zero-order chi connectivity index (χ0) is 19.2. The van der Waals surface area contributed by atoms with Crippen LogP contribution < -0.4 is 0 Å². The first kappa shape index (κ1) is 19.6. The summed E-state index contributed by atoms with van der Waals surface area (Å²) >= 11 is 0. The molecule has 0 aromatic heterocycles. The largest absolute Gasteiger partial charge is 0.395 e. The standard InChI is InChI=1S/C25H34N2O/c28-15-14-27(19-21-6-2-1-3-7-21)20-23-16-25(17-23)24-10-8-22(9-11-24)18-26-12-4-5-13-26/h1-3,6-11,23,25,28H,4-5,12-20H2/t23-,25-. The van der Waals surface area contributed by atoms with E-state index in [-0.39, 0.29) is 6.61 Å². The molecular weight excluding hydrogens is 344 g/mol. The maximum absolute atomic E-state index is 9.43. The molecule has 150 valence electrons. The van der Waals surface area contributed by atoms with Gasteiger partial charge in [0.1, 0.15) is 0 Å². The highest BCUT2D eigenvalue weighted by Crippen LogP contribution is 2.42. The molecule has 0 spiro atoms. The normalized spacial score (nSPS) is 22.5. The third-order valence-corrected chi connectivity index (χ3v) is 6.47. The molecule has 1 heterocycles. The predicted molar refractivity (Wildman–Crippen MR) is 115 cm³/mol. The summed E-state index contributed by atoms with van der Waals surface area (Å²) in [4.78, 5) is 4.98. The average molecular weight is 379 g/mol. The Balaban J connectivity index is 1.25. The average Bonchev–Trinajstić information content (AvgIpc) is 3.19. The van der Waals surface area contributed by atoms with Crippen LogP contribution in [0.5, 0.6) is 0 Å². The quantitative estimate of drug-likeness (QED) is 0.706. The van der Waals surface area contributed by atoms with Gasteiger partial charge in [-0.1, -0.05) is 54.6 Å². The Morgan fingerprint density at radius 2 is 1.61 bits per heavy atom. The van der Waals surface area contributed by atoms with Crippen molar-refractivity contribution in [3.63, 3.8) is 0 Å². The highest BCUT2D eigenvalue weighted by molar-refractivity contribution is 5.27. The number of rotatable bonds is 9. The zero-order valence-corrected chi connectivity index (χ0v) is 17.0. The van der Waals surface area contributed by atoms with E-state index in [1.54, 1.807) is 0 Å². The molecule has 0 bridgehead atoms. The van der Waals surface area contributed by atoms with Gasteiger partial charge in [-0.3, -0.25) is 9.80 Å². The zero-order valence-electron chi connectivity index (χ0n) is 17.0. The van der Waals surface area contributed by atoms with E-state index in [0.717, 1.165) is 38.0 Å². The summed E-state index contributed by atoms with van der Waals surface area (Å²) in [7, 11) is 0. The lowest BCUT2D eigenvalue weighted by atomic mass is 9.71. The van der Waals surface area contributed by atoms with Gasteiger partial charge in [0, 0.05) is 26.2 Å². The van der Waals surface area contributed by atoms with E-state index in [9.17, 15) is 5.11 Å². The van der Waals surface area contributed by atoms with Gasteiger partial charge in [-0.05, 0) is 67.3 Å². The van der Waals surface area contributed by atoms with Crippen molar-refractivity contribution in [2.24, 2.45) is 5.92 Å². The number of benzene rings is 2. The van der Waals surface area contributed by atoms with Gasteiger partial charge < -0.3 is 5.11 Å². The predicted octanol–water partition coefficient (Wildman–Crippen LogP) is 4.27. The van der Waals surface area contributed by atoms with Crippen molar-refractivity contribution in [3.8, 4) is 0 Å². The molecule has 2 aromatic carbocycles. The lowest BCUT2D eigenvalue weighted by Gasteiger charge is -2.39. The molecule has 1 aliphatic carbocycles. The minimum atomic E-state index is 0.238. The molecule has 2 aromatic rings. The molecular formula is C25H34N2O. The Hall–Kier alpha value is -1.68. The van der Waals surface area contributed by atoms with Crippen molar-refractivity contribution in [1.82, 2.24) is 9.80 Å². The van der Waals surface area contributed by atoms with Gasteiger partial charge in [0.15, 0.2) is 0 Å².